The molecule has 0 saturated carbocycles. The second-order valence-corrected chi connectivity index (χ2v) is 6.12. The Morgan fingerprint density at radius 1 is 1.07 bits per heavy atom. The van der Waals surface area contributed by atoms with Gasteiger partial charge >= 0.3 is 0 Å². The Bertz CT molecular complexity index is 1020. The summed E-state index contributed by atoms with van der Waals surface area (Å²) in [5, 5.41) is 0. The Morgan fingerprint density at radius 3 is 2.67 bits per heavy atom. The van der Waals surface area contributed by atoms with E-state index in [-0.39, 0.29) is 11.5 Å². The van der Waals surface area contributed by atoms with Crippen molar-refractivity contribution in [1.82, 2.24) is 4.98 Å². The summed E-state index contributed by atoms with van der Waals surface area (Å²) in [6, 6.07) is 16.9. The number of hydrogen-bond acceptors (Lipinski definition) is 4. The lowest BCUT2D eigenvalue weighted by atomic mass is 10.1. The molecule has 3 aromatic rings. The number of rotatable bonds is 5. The molecule has 1 aliphatic heterocycles. The fourth-order valence-electron chi connectivity index (χ4n) is 2.79. The second-order valence-electron chi connectivity index (χ2n) is 6.12. The van der Waals surface area contributed by atoms with Crippen LogP contribution in [0.5, 0.6) is 11.5 Å². The zero-order valence-corrected chi connectivity index (χ0v) is 14.6. The molecule has 132 valence electrons. The third kappa shape index (κ3) is 3.65. The molecule has 0 spiro atoms. The highest BCUT2D eigenvalue weighted by molar-refractivity contribution is 6.14. The maximum absolute atomic E-state index is 12.5. The zero-order valence-electron chi connectivity index (χ0n) is 14.6. The molecular formula is C23H17NO3. The van der Waals surface area contributed by atoms with Crippen LogP contribution in [0.3, 0.4) is 0 Å². The number of benzene rings is 2. The molecule has 0 atom stereocenters. The van der Waals surface area contributed by atoms with Gasteiger partial charge in [0.05, 0.1) is 5.56 Å². The van der Waals surface area contributed by atoms with Crippen LogP contribution in [0.1, 0.15) is 27.0 Å². The van der Waals surface area contributed by atoms with Gasteiger partial charge in [0.25, 0.3) is 0 Å². The largest absolute Gasteiger partial charge is 0.489 e. The quantitative estimate of drug-likeness (QED) is 0.610. The maximum atomic E-state index is 12.5. The minimum Gasteiger partial charge on any atom is -0.489 e. The normalized spacial score (nSPS) is 13.9. The zero-order chi connectivity index (χ0) is 18.6. The number of allylic oxidation sites excluding steroid dienone is 1. The summed E-state index contributed by atoms with van der Waals surface area (Å²) in [6.07, 6.45) is 6.86. The number of Topliss-reactive ketones (excluding diaryl/α,β-unsaturated/α-hetero) is 1. The lowest BCUT2D eigenvalue weighted by molar-refractivity contribution is 0.101. The van der Waals surface area contributed by atoms with Gasteiger partial charge in [0.1, 0.15) is 18.1 Å². The molecule has 0 aliphatic carbocycles. The van der Waals surface area contributed by atoms with E-state index >= 15 is 0 Å². The van der Waals surface area contributed by atoms with E-state index in [1.165, 1.54) is 0 Å². The summed E-state index contributed by atoms with van der Waals surface area (Å²) < 4.78 is 11.6. The third-order valence-corrected chi connectivity index (χ3v) is 4.24. The molecule has 0 fully saturated rings. The van der Waals surface area contributed by atoms with Crippen molar-refractivity contribution in [2.24, 2.45) is 0 Å². The van der Waals surface area contributed by atoms with Gasteiger partial charge in [-0.1, -0.05) is 43.0 Å². The van der Waals surface area contributed by atoms with Crippen LogP contribution in [0.2, 0.25) is 0 Å². The number of fused-ring (bicyclic) bond motifs is 1. The highest BCUT2D eigenvalue weighted by atomic mass is 16.5. The van der Waals surface area contributed by atoms with E-state index in [2.05, 4.69) is 11.6 Å². The van der Waals surface area contributed by atoms with E-state index in [0.717, 1.165) is 16.7 Å². The van der Waals surface area contributed by atoms with Gasteiger partial charge in [-0.3, -0.25) is 9.78 Å². The standard InChI is InChI=1S/C23H17NO3/c1-2-16-5-7-17(8-6-16)15-26-19-9-10-20-21(13-19)27-22(23(20)25)12-18-4-3-11-24-14-18/h2-14H,1,15H2/b22-12-. The second kappa shape index (κ2) is 7.30. The predicted octanol–water partition coefficient (Wildman–Crippen LogP) is 4.92. The van der Waals surface area contributed by atoms with Crippen LogP contribution in [0, 0.1) is 0 Å². The molecule has 4 heteroatoms. The summed E-state index contributed by atoms with van der Waals surface area (Å²) in [4.78, 5) is 16.5. The highest BCUT2D eigenvalue weighted by Gasteiger charge is 2.27. The Balaban J connectivity index is 1.48. The number of pyridine rings is 1. The molecule has 0 radical (unpaired) electrons. The van der Waals surface area contributed by atoms with E-state index in [9.17, 15) is 4.79 Å². The van der Waals surface area contributed by atoms with Crippen molar-refractivity contribution in [2.45, 2.75) is 6.61 Å². The van der Waals surface area contributed by atoms with Gasteiger partial charge in [0, 0.05) is 18.5 Å². The topological polar surface area (TPSA) is 48.4 Å². The smallest absolute Gasteiger partial charge is 0.231 e. The fourth-order valence-corrected chi connectivity index (χ4v) is 2.79. The lowest BCUT2D eigenvalue weighted by Crippen LogP contribution is -1.98. The number of ether oxygens (including phenoxy) is 2. The number of ketones is 1. The first-order chi connectivity index (χ1) is 13.2. The monoisotopic (exact) mass is 355 g/mol. The van der Waals surface area contributed by atoms with Gasteiger partial charge in [0.2, 0.25) is 5.78 Å². The number of hydrogen-bond donors (Lipinski definition) is 0. The van der Waals surface area contributed by atoms with E-state index in [1.54, 1.807) is 42.7 Å². The number of nitrogens with zero attached hydrogens (tertiary/aromatic N) is 1. The molecule has 27 heavy (non-hydrogen) atoms. The van der Waals surface area contributed by atoms with E-state index in [4.69, 9.17) is 9.47 Å². The Hall–Kier alpha value is -3.66. The van der Waals surface area contributed by atoms with Crippen LogP contribution in [0.15, 0.2) is 79.3 Å². The number of carbonyl (C=O) groups excluding carboxylic acids is 1. The van der Waals surface area contributed by atoms with Gasteiger partial charge in [0.15, 0.2) is 5.76 Å². The van der Waals surface area contributed by atoms with E-state index < -0.39 is 0 Å². The fraction of sp³-hybridized carbons (Fsp3) is 0.0435. The molecule has 0 saturated heterocycles. The lowest BCUT2D eigenvalue weighted by Gasteiger charge is -2.07. The van der Waals surface area contributed by atoms with Crippen molar-refractivity contribution in [3.8, 4) is 11.5 Å². The summed E-state index contributed by atoms with van der Waals surface area (Å²) in [6.45, 7) is 4.18. The molecule has 4 rings (SSSR count). The Labute approximate surface area is 157 Å². The van der Waals surface area contributed by atoms with Crippen LogP contribution in [0.25, 0.3) is 12.2 Å². The number of aromatic nitrogens is 1. The number of carbonyl (C=O) groups is 1. The van der Waals surface area contributed by atoms with Crippen molar-refractivity contribution in [3.05, 3.63) is 102 Å². The van der Waals surface area contributed by atoms with Crippen LogP contribution >= 0.6 is 0 Å². The molecule has 0 unspecified atom stereocenters. The first-order valence-electron chi connectivity index (χ1n) is 8.55. The summed E-state index contributed by atoms with van der Waals surface area (Å²) >= 11 is 0. The highest BCUT2D eigenvalue weighted by Crippen LogP contribution is 2.35. The molecular weight excluding hydrogens is 338 g/mol. The van der Waals surface area contributed by atoms with Crippen molar-refractivity contribution in [1.29, 1.82) is 0 Å². The SMILES string of the molecule is C=Cc1ccc(COc2ccc3c(c2)O/C(=C\c2cccnc2)C3=O)cc1. The minimum absolute atomic E-state index is 0.139. The predicted molar refractivity (Wildman–Crippen MR) is 104 cm³/mol. The summed E-state index contributed by atoms with van der Waals surface area (Å²) in [5.74, 6) is 1.31. The summed E-state index contributed by atoms with van der Waals surface area (Å²) in [7, 11) is 0. The van der Waals surface area contributed by atoms with Gasteiger partial charge in [-0.15, -0.1) is 0 Å². The molecule has 2 aromatic carbocycles. The Kier molecular flexibility index (Phi) is 4.54. The van der Waals surface area contributed by atoms with Crippen LogP contribution in [0.4, 0.5) is 0 Å². The van der Waals surface area contributed by atoms with E-state index in [1.807, 2.05) is 36.4 Å². The molecule has 1 aromatic heterocycles. The third-order valence-electron chi connectivity index (χ3n) is 4.24. The van der Waals surface area contributed by atoms with Crippen molar-refractivity contribution in [2.75, 3.05) is 0 Å². The van der Waals surface area contributed by atoms with Crippen LogP contribution < -0.4 is 9.47 Å². The molecule has 0 N–H and O–H groups in total. The first-order valence-corrected chi connectivity index (χ1v) is 8.55. The van der Waals surface area contributed by atoms with Crippen molar-refractivity contribution < 1.29 is 14.3 Å². The average molecular weight is 355 g/mol. The summed E-state index contributed by atoms with van der Waals surface area (Å²) in [5.41, 5.74) is 3.47. The van der Waals surface area contributed by atoms with Gasteiger partial charge in [-0.25, -0.2) is 0 Å². The molecule has 0 amide bonds. The van der Waals surface area contributed by atoms with Crippen molar-refractivity contribution in [3.63, 3.8) is 0 Å². The van der Waals surface area contributed by atoms with Crippen molar-refractivity contribution >= 4 is 17.9 Å². The van der Waals surface area contributed by atoms with Crippen LogP contribution in [-0.4, -0.2) is 10.8 Å². The molecule has 1 aliphatic rings. The average Bonchev–Trinajstić information content (AvgIpc) is 3.02. The molecule has 2 heterocycles. The van der Waals surface area contributed by atoms with Gasteiger partial charge in [-0.05, 0) is 41.0 Å². The Morgan fingerprint density at radius 2 is 1.93 bits per heavy atom. The molecule has 4 nitrogen and oxygen atoms in total. The van der Waals surface area contributed by atoms with E-state index in [0.29, 0.717) is 23.7 Å². The molecule has 0 bridgehead atoms. The first kappa shape index (κ1) is 16.8. The minimum atomic E-state index is -0.139. The van der Waals surface area contributed by atoms with Crippen LogP contribution in [-0.2, 0) is 6.61 Å². The van der Waals surface area contributed by atoms with Gasteiger partial charge < -0.3 is 9.47 Å². The van der Waals surface area contributed by atoms with Gasteiger partial charge in [-0.2, -0.15) is 0 Å². The maximum Gasteiger partial charge on any atom is 0.231 e.